The Labute approximate surface area is 189 Å². The molecule has 0 unspecified atom stereocenters. The topological polar surface area (TPSA) is 75.7 Å². The van der Waals surface area contributed by atoms with Gasteiger partial charge in [-0.3, -0.25) is 19.3 Å². The van der Waals surface area contributed by atoms with E-state index in [4.69, 9.17) is 4.74 Å². The summed E-state index contributed by atoms with van der Waals surface area (Å²) in [7, 11) is 0. The summed E-state index contributed by atoms with van der Waals surface area (Å²) in [6, 6.07) is 26.0. The molecule has 0 aromatic heterocycles. The van der Waals surface area contributed by atoms with Crippen LogP contribution < -0.4 is 10.1 Å². The molecule has 6 nitrogen and oxygen atoms in total. The normalized spacial score (nSPS) is 14.6. The first-order valence-corrected chi connectivity index (χ1v) is 10.8. The molecule has 32 heavy (non-hydrogen) atoms. The number of hydrogen-bond acceptors (Lipinski definition) is 5. The van der Waals surface area contributed by atoms with E-state index in [1.807, 2.05) is 54.6 Å². The van der Waals surface area contributed by atoms with Gasteiger partial charge >= 0.3 is 0 Å². The monoisotopic (exact) mass is 444 g/mol. The highest BCUT2D eigenvalue weighted by Gasteiger charge is 2.36. The summed E-state index contributed by atoms with van der Waals surface area (Å²) in [6.07, 6.45) is 1.63. The lowest BCUT2D eigenvalue weighted by Gasteiger charge is -2.12. The first-order chi connectivity index (χ1) is 15.6. The maximum Gasteiger partial charge on any atom is 0.294 e. The highest BCUT2D eigenvalue weighted by molar-refractivity contribution is 8.18. The first-order valence-electron chi connectivity index (χ1n) is 9.95. The van der Waals surface area contributed by atoms with Crippen LogP contribution in [0, 0.1) is 0 Å². The van der Waals surface area contributed by atoms with Gasteiger partial charge in [0.1, 0.15) is 18.9 Å². The largest absolute Gasteiger partial charge is 0.489 e. The number of imide groups is 1. The molecule has 4 rings (SSSR count). The molecule has 0 atom stereocenters. The number of benzene rings is 3. The molecule has 1 aliphatic rings. The number of nitrogens with one attached hydrogen (secondary N) is 1. The van der Waals surface area contributed by atoms with Gasteiger partial charge in [-0.25, -0.2) is 0 Å². The van der Waals surface area contributed by atoms with Crippen molar-refractivity contribution in [3.8, 4) is 5.75 Å². The molecule has 3 amide bonds. The third-order valence-electron chi connectivity index (χ3n) is 4.64. The van der Waals surface area contributed by atoms with E-state index in [-0.39, 0.29) is 11.4 Å². The molecule has 7 heteroatoms. The number of anilines is 1. The Morgan fingerprint density at radius 3 is 2.41 bits per heavy atom. The lowest BCUT2D eigenvalue weighted by Crippen LogP contribution is -2.36. The lowest BCUT2D eigenvalue weighted by atomic mass is 10.2. The molecule has 160 valence electrons. The molecule has 1 N–H and O–H groups in total. The predicted molar refractivity (Wildman–Crippen MR) is 125 cm³/mol. The fourth-order valence-electron chi connectivity index (χ4n) is 3.09. The Kier molecular flexibility index (Phi) is 6.67. The Balaban J connectivity index is 1.40. The highest BCUT2D eigenvalue weighted by Crippen LogP contribution is 2.32. The number of carbonyl (C=O) groups excluding carboxylic acids is 3. The minimum absolute atomic E-state index is 0.266. The summed E-state index contributed by atoms with van der Waals surface area (Å²) < 4.78 is 5.82. The van der Waals surface area contributed by atoms with Gasteiger partial charge in [0.15, 0.2) is 0 Å². The summed E-state index contributed by atoms with van der Waals surface area (Å²) in [6.45, 7) is 0.0917. The van der Waals surface area contributed by atoms with Crippen LogP contribution in [0.15, 0.2) is 89.8 Å². The Morgan fingerprint density at radius 2 is 1.66 bits per heavy atom. The van der Waals surface area contributed by atoms with E-state index in [2.05, 4.69) is 5.32 Å². The number of nitrogens with zero attached hydrogens (tertiary/aromatic N) is 1. The van der Waals surface area contributed by atoms with E-state index in [0.29, 0.717) is 18.0 Å². The maximum absolute atomic E-state index is 12.7. The molecule has 0 bridgehead atoms. The molecule has 3 aromatic rings. The maximum atomic E-state index is 12.7. The predicted octanol–water partition coefficient (Wildman–Crippen LogP) is 4.94. The van der Waals surface area contributed by atoms with Gasteiger partial charge in [0.05, 0.1) is 4.91 Å². The second-order valence-corrected chi connectivity index (χ2v) is 8.02. The van der Waals surface area contributed by atoms with E-state index in [1.165, 1.54) is 0 Å². The zero-order valence-electron chi connectivity index (χ0n) is 17.1. The Hall–Kier alpha value is -3.84. The van der Waals surface area contributed by atoms with Crippen LogP contribution in [0.3, 0.4) is 0 Å². The molecule has 1 heterocycles. The van der Waals surface area contributed by atoms with Crippen molar-refractivity contribution in [2.45, 2.75) is 6.61 Å². The minimum Gasteiger partial charge on any atom is -0.489 e. The van der Waals surface area contributed by atoms with Crippen molar-refractivity contribution in [1.82, 2.24) is 4.90 Å². The van der Waals surface area contributed by atoms with Crippen LogP contribution in [0.1, 0.15) is 11.1 Å². The lowest BCUT2D eigenvalue weighted by molar-refractivity contribution is -0.127. The van der Waals surface area contributed by atoms with Gasteiger partial charge in [-0.2, -0.15) is 0 Å². The SMILES string of the molecule is O=C(CN1C(=O)S/C(=C\c2cccc(OCc3ccccc3)c2)C1=O)Nc1ccccc1. The van der Waals surface area contributed by atoms with Crippen molar-refractivity contribution in [2.24, 2.45) is 0 Å². The number of para-hydroxylation sites is 1. The van der Waals surface area contributed by atoms with E-state index < -0.39 is 17.1 Å². The van der Waals surface area contributed by atoms with Crippen molar-refractivity contribution in [3.05, 3.63) is 101 Å². The third-order valence-corrected chi connectivity index (χ3v) is 5.54. The van der Waals surface area contributed by atoms with E-state index >= 15 is 0 Å². The first kappa shape index (κ1) is 21.4. The number of thioether (sulfide) groups is 1. The van der Waals surface area contributed by atoms with Gasteiger partial charge < -0.3 is 10.1 Å². The molecular formula is C25H20N2O4S. The molecule has 0 spiro atoms. The van der Waals surface area contributed by atoms with Gasteiger partial charge in [0.2, 0.25) is 5.91 Å². The Bertz CT molecular complexity index is 1160. The van der Waals surface area contributed by atoms with E-state index in [0.717, 1.165) is 27.8 Å². The standard InChI is InChI=1S/C25H20N2O4S/c28-23(26-20-11-5-2-6-12-20)16-27-24(29)22(32-25(27)30)15-19-10-7-13-21(14-19)31-17-18-8-3-1-4-9-18/h1-15H,16-17H2,(H,26,28)/b22-15-. The Morgan fingerprint density at radius 1 is 0.938 bits per heavy atom. The van der Waals surface area contributed by atoms with Crippen LogP contribution in [0.2, 0.25) is 0 Å². The van der Waals surface area contributed by atoms with Crippen LogP contribution in [0.25, 0.3) is 6.08 Å². The average Bonchev–Trinajstić information content (AvgIpc) is 3.06. The van der Waals surface area contributed by atoms with E-state index in [9.17, 15) is 14.4 Å². The number of ether oxygens (including phenoxy) is 1. The summed E-state index contributed by atoms with van der Waals surface area (Å²) in [5.74, 6) is -0.265. The van der Waals surface area contributed by atoms with Gasteiger partial charge in [0.25, 0.3) is 11.1 Å². The average molecular weight is 445 g/mol. The molecule has 1 fully saturated rings. The zero-order chi connectivity index (χ0) is 22.3. The van der Waals surface area contributed by atoms with Crippen molar-refractivity contribution >= 4 is 40.6 Å². The van der Waals surface area contributed by atoms with E-state index in [1.54, 1.807) is 36.4 Å². The molecule has 0 saturated carbocycles. The van der Waals surface area contributed by atoms with Crippen molar-refractivity contribution in [3.63, 3.8) is 0 Å². The molecule has 0 radical (unpaired) electrons. The fourth-order valence-corrected chi connectivity index (χ4v) is 3.93. The number of rotatable bonds is 7. The van der Waals surface area contributed by atoms with Gasteiger partial charge in [-0.05, 0) is 53.2 Å². The fraction of sp³-hybridized carbons (Fsp3) is 0.0800. The molecule has 1 aliphatic heterocycles. The van der Waals surface area contributed by atoms with Crippen LogP contribution >= 0.6 is 11.8 Å². The molecule has 0 aliphatic carbocycles. The number of carbonyl (C=O) groups is 3. The van der Waals surface area contributed by atoms with Gasteiger partial charge in [-0.15, -0.1) is 0 Å². The minimum atomic E-state index is -0.487. The molecule has 3 aromatic carbocycles. The van der Waals surface area contributed by atoms with Crippen LogP contribution in [-0.4, -0.2) is 28.5 Å². The summed E-state index contributed by atoms with van der Waals surface area (Å²) in [4.78, 5) is 38.5. The molecule has 1 saturated heterocycles. The smallest absolute Gasteiger partial charge is 0.294 e. The van der Waals surface area contributed by atoms with Crippen LogP contribution in [0.5, 0.6) is 5.75 Å². The van der Waals surface area contributed by atoms with Crippen molar-refractivity contribution < 1.29 is 19.1 Å². The van der Waals surface area contributed by atoms with Crippen LogP contribution in [0.4, 0.5) is 10.5 Å². The summed E-state index contributed by atoms with van der Waals surface area (Å²) >= 11 is 0.819. The second-order valence-electron chi connectivity index (χ2n) is 7.03. The van der Waals surface area contributed by atoms with Crippen LogP contribution in [-0.2, 0) is 16.2 Å². The van der Waals surface area contributed by atoms with Gasteiger partial charge in [-0.1, -0.05) is 60.7 Å². The highest BCUT2D eigenvalue weighted by atomic mass is 32.2. The van der Waals surface area contributed by atoms with Crippen molar-refractivity contribution in [1.29, 1.82) is 0 Å². The third kappa shape index (κ3) is 5.44. The van der Waals surface area contributed by atoms with Gasteiger partial charge in [0, 0.05) is 5.69 Å². The summed E-state index contributed by atoms with van der Waals surface area (Å²) in [5.41, 5.74) is 2.38. The zero-order valence-corrected chi connectivity index (χ0v) is 17.9. The second kappa shape index (κ2) is 9.98. The molecular weight excluding hydrogens is 424 g/mol. The number of hydrogen-bond donors (Lipinski definition) is 1. The quantitative estimate of drug-likeness (QED) is 0.523. The summed E-state index contributed by atoms with van der Waals surface area (Å²) in [5, 5.41) is 2.21. The number of amides is 3. The van der Waals surface area contributed by atoms with Crippen molar-refractivity contribution in [2.75, 3.05) is 11.9 Å².